The maximum Gasteiger partial charge on any atom is 0.320 e. The van der Waals surface area contributed by atoms with Crippen LogP contribution in [-0.4, -0.2) is 60.8 Å². The van der Waals surface area contributed by atoms with Gasteiger partial charge in [-0.15, -0.1) is 0 Å². The number of aldehydes is 1. The molecule has 156 valence electrons. The van der Waals surface area contributed by atoms with Crippen molar-refractivity contribution in [3.8, 4) is 0 Å². The summed E-state index contributed by atoms with van der Waals surface area (Å²) in [4.78, 5) is 39.0. The van der Waals surface area contributed by atoms with Crippen LogP contribution >= 0.6 is 0 Å². The minimum atomic E-state index is -1.31. The van der Waals surface area contributed by atoms with Gasteiger partial charge < -0.3 is 24.5 Å². The van der Waals surface area contributed by atoms with E-state index in [0.717, 1.165) is 12.7 Å². The Morgan fingerprint density at radius 2 is 2.00 bits per heavy atom. The van der Waals surface area contributed by atoms with Crippen molar-refractivity contribution in [3.05, 3.63) is 0 Å². The highest BCUT2D eigenvalue weighted by atomic mass is 16.6. The normalized spacial score (nSPS) is 49.2. The summed E-state index contributed by atoms with van der Waals surface area (Å²) in [6.07, 6.45) is 1.07. The maximum atomic E-state index is 13.5. The molecule has 8 atom stereocenters. The molecular weight excluding hydrogens is 364 g/mol. The molecule has 2 bridgehead atoms. The van der Waals surface area contributed by atoms with E-state index < -0.39 is 46.3 Å². The Labute approximate surface area is 164 Å². The van der Waals surface area contributed by atoms with Crippen LogP contribution in [0.15, 0.2) is 0 Å². The highest BCUT2D eigenvalue weighted by Gasteiger charge is 2.76. The fourth-order valence-corrected chi connectivity index (χ4v) is 7.16. The number of hydrogen-bond donors (Lipinski definition) is 2. The zero-order chi connectivity index (χ0) is 20.5. The van der Waals surface area contributed by atoms with Crippen LogP contribution in [0.3, 0.4) is 0 Å². The third-order valence-corrected chi connectivity index (χ3v) is 8.65. The third-order valence-electron chi connectivity index (χ3n) is 8.65. The molecule has 7 heteroatoms. The molecule has 0 radical (unpaired) electrons. The van der Waals surface area contributed by atoms with Gasteiger partial charge in [0.25, 0.3) is 0 Å². The summed E-state index contributed by atoms with van der Waals surface area (Å²) in [7, 11) is 1.54. The van der Waals surface area contributed by atoms with Gasteiger partial charge in [0.1, 0.15) is 17.8 Å². The highest BCUT2D eigenvalue weighted by Crippen LogP contribution is 2.68. The highest BCUT2D eigenvalue weighted by molar-refractivity contribution is 6.08. The molecule has 4 aliphatic rings. The molecule has 4 rings (SSSR count). The molecular formula is C21H30O7. The van der Waals surface area contributed by atoms with Crippen molar-refractivity contribution in [2.75, 3.05) is 20.3 Å². The van der Waals surface area contributed by atoms with Crippen molar-refractivity contribution in [1.29, 1.82) is 0 Å². The van der Waals surface area contributed by atoms with Crippen LogP contribution in [0.5, 0.6) is 0 Å². The molecule has 7 nitrogen and oxygen atoms in total. The molecule has 0 unspecified atom stereocenters. The van der Waals surface area contributed by atoms with Crippen LogP contribution in [-0.2, 0) is 23.9 Å². The number of ether oxygens (including phenoxy) is 2. The molecule has 0 aromatic heterocycles. The van der Waals surface area contributed by atoms with Crippen LogP contribution in [0.1, 0.15) is 39.5 Å². The van der Waals surface area contributed by atoms with E-state index in [2.05, 4.69) is 0 Å². The summed E-state index contributed by atoms with van der Waals surface area (Å²) in [6.45, 7) is 3.53. The molecule has 0 aromatic carbocycles. The molecule has 4 fully saturated rings. The lowest BCUT2D eigenvalue weighted by atomic mass is 9.43. The van der Waals surface area contributed by atoms with E-state index in [9.17, 15) is 24.6 Å². The Balaban J connectivity index is 1.87. The zero-order valence-electron chi connectivity index (χ0n) is 16.7. The molecule has 3 saturated carbocycles. The Bertz CT molecular complexity index is 703. The summed E-state index contributed by atoms with van der Waals surface area (Å²) in [5.74, 6) is -2.20. The van der Waals surface area contributed by atoms with Crippen LogP contribution in [0, 0.1) is 39.9 Å². The van der Waals surface area contributed by atoms with Gasteiger partial charge >= 0.3 is 5.97 Å². The third kappa shape index (κ3) is 2.13. The van der Waals surface area contributed by atoms with Gasteiger partial charge in [-0.2, -0.15) is 0 Å². The van der Waals surface area contributed by atoms with Gasteiger partial charge in [-0.3, -0.25) is 9.59 Å². The number of hydrogen-bond acceptors (Lipinski definition) is 7. The second kappa shape index (κ2) is 6.34. The quantitative estimate of drug-likeness (QED) is 0.411. The van der Waals surface area contributed by atoms with Gasteiger partial charge in [-0.05, 0) is 31.1 Å². The fourth-order valence-electron chi connectivity index (χ4n) is 7.16. The first-order valence-electron chi connectivity index (χ1n) is 10.2. The topological polar surface area (TPSA) is 110 Å². The first-order chi connectivity index (χ1) is 13.2. The van der Waals surface area contributed by atoms with Crippen molar-refractivity contribution in [3.63, 3.8) is 0 Å². The number of Topliss-reactive ketones (excluding diaryl/α,β-unsaturated/α-hetero) is 1. The average molecular weight is 394 g/mol. The summed E-state index contributed by atoms with van der Waals surface area (Å²) in [6, 6.07) is 0. The molecule has 0 amide bonds. The predicted octanol–water partition coefficient (Wildman–Crippen LogP) is 0.744. The number of carbonyl (C=O) groups excluding carboxylic acids is 3. The number of methoxy groups -OCH3 is 1. The van der Waals surface area contributed by atoms with E-state index in [1.54, 1.807) is 7.11 Å². The second-order valence-electron chi connectivity index (χ2n) is 9.84. The second-order valence-corrected chi connectivity index (χ2v) is 9.84. The van der Waals surface area contributed by atoms with Crippen molar-refractivity contribution in [2.24, 2.45) is 39.9 Å². The lowest BCUT2D eigenvalue weighted by Crippen LogP contribution is -2.71. The van der Waals surface area contributed by atoms with Crippen LogP contribution in [0.25, 0.3) is 0 Å². The van der Waals surface area contributed by atoms with Gasteiger partial charge in [0, 0.05) is 36.2 Å². The van der Waals surface area contributed by atoms with E-state index in [4.69, 9.17) is 9.47 Å². The first kappa shape index (κ1) is 20.0. The molecule has 28 heavy (non-hydrogen) atoms. The van der Waals surface area contributed by atoms with Crippen LogP contribution in [0.2, 0.25) is 0 Å². The van der Waals surface area contributed by atoms with Crippen LogP contribution < -0.4 is 0 Å². The molecule has 0 aromatic rings. The molecule has 1 saturated heterocycles. The molecule has 2 N–H and O–H groups in total. The Hall–Kier alpha value is -1.31. The van der Waals surface area contributed by atoms with Gasteiger partial charge in [-0.1, -0.05) is 13.8 Å². The monoisotopic (exact) mass is 394 g/mol. The summed E-state index contributed by atoms with van der Waals surface area (Å²) >= 11 is 0. The summed E-state index contributed by atoms with van der Waals surface area (Å²) in [5, 5.41) is 21.3. The summed E-state index contributed by atoms with van der Waals surface area (Å²) in [5.41, 5.74) is -3.16. The number of aliphatic hydroxyl groups excluding tert-OH is 2. The van der Waals surface area contributed by atoms with E-state index in [0.29, 0.717) is 12.8 Å². The number of rotatable bonds is 4. The van der Waals surface area contributed by atoms with E-state index in [1.165, 1.54) is 0 Å². The molecule has 1 aliphatic heterocycles. The predicted molar refractivity (Wildman–Crippen MR) is 97.0 cm³/mol. The maximum absolute atomic E-state index is 13.5. The van der Waals surface area contributed by atoms with Crippen molar-refractivity contribution < 1.29 is 34.1 Å². The fraction of sp³-hybridized carbons (Fsp3) is 0.857. The van der Waals surface area contributed by atoms with Gasteiger partial charge in [0.15, 0.2) is 5.78 Å². The Kier molecular flexibility index (Phi) is 4.53. The largest absolute Gasteiger partial charge is 0.461 e. The standard InChI is InChI=1S/C21H30O7/c1-19(2)14(8-22)21(10-23)13-5-4-11-7-20(13,17(25)12(11)9-27-3)18(26)28-16(21)6-15(19)24/h8,11-16,23-24H,4-7,9-10H2,1-3H3/t11-,12+,13-,14+,15+,16+,20+,21-/m1/s1. The zero-order valence-corrected chi connectivity index (χ0v) is 16.7. The lowest BCUT2D eigenvalue weighted by molar-refractivity contribution is -0.259. The first-order valence-corrected chi connectivity index (χ1v) is 10.2. The van der Waals surface area contributed by atoms with Crippen molar-refractivity contribution >= 4 is 18.0 Å². The average Bonchev–Trinajstić information content (AvgIpc) is 2.86. The van der Waals surface area contributed by atoms with Crippen molar-refractivity contribution in [1.82, 2.24) is 0 Å². The Morgan fingerprint density at radius 1 is 1.29 bits per heavy atom. The lowest BCUT2D eigenvalue weighted by Gasteiger charge is -2.63. The number of aliphatic hydroxyl groups is 2. The minimum Gasteiger partial charge on any atom is -0.461 e. The van der Waals surface area contributed by atoms with Crippen LogP contribution in [0.4, 0.5) is 0 Å². The number of carbonyl (C=O) groups is 3. The van der Waals surface area contributed by atoms with Gasteiger partial charge in [0.2, 0.25) is 0 Å². The van der Waals surface area contributed by atoms with Crippen molar-refractivity contribution in [2.45, 2.75) is 51.7 Å². The number of ketones is 1. The SMILES string of the molecule is COC[C@@H]1C(=O)[C@]23C[C@H]1CC[C@H]2[C@@]1(CO)[C@H](C[C@H](O)C(C)(C)[C@@H]1C=O)OC3=O. The number of esters is 1. The number of fused-ring (bicyclic) bond motifs is 3. The van der Waals surface area contributed by atoms with Gasteiger partial charge in [0.05, 0.1) is 19.3 Å². The smallest absolute Gasteiger partial charge is 0.320 e. The minimum absolute atomic E-state index is 0.0559. The van der Waals surface area contributed by atoms with E-state index >= 15 is 0 Å². The molecule has 3 aliphatic carbocycles. The van der Waals surface area contributed by atoms with Gasteiger partial charge in [-0.25, -0.2) is 0 Å². The molecule has 1 heterocycles. The Morgan fingerprint density at radius 3 is 2.61 bits per heavy atom. The van der Waals surface area contributed by atoms with E-state index in [-0.39, 0.29) is 37.3 Å². The molecule has 1 spiro atoms. The van der Waals surface area contributed by atoms with E-state index in [1.807, 2.05) is 13.8 Å². The summed E-state index contributed by atoms with van der Waals surface area (Å²) < 4.78 is 11.0.